The van der Waals surface area contributed by atoms with E-state index in [1.54, 1.807) is 0 Å². The lowest BCUT2D eigenvalue weighted by molar-refractivity contribution is -0.120. The second-order valence-electron chi connectivity index (χ2n) is 8.26. The van der Waals surface area contributed by atoms with Crippen molar-refractivity contribution in [2.24, 2.45) is 11.7 Å². The van der Waals surface area contributed by atoms with Crippen LogP contribution >= 0.6 is 12.4 Å². The number of benzene rings is 2. The van der Waals surface area contributed by atoms with Gasteiger partial charge >= 0.3 is 0 Å². The lowest BCUT2D eigenvalue weighted by Gasteiger charge is -2.26. The van der Waals surface area contributed by atoms with Gasteiger partial charge in [0.25, 0.3) is 5.91 Å². The molecule has 6 heteroatoms. The molecule has 2 aromatic rings. The number of hydrogen-bond donors (Lipinski definition) is 2. The van der Waals surface area contributed by atoms with Crippen molar-refractivity contribution in [3.05, 3.63) is 65.7 Å². The zero-order valence-corrected chi connectivity index (χ0v) is 17.9. The monoisotopic (exact) mass is 427 g/mol. The molecule has 2 fully saturated rings. The predicted octanol–water partition coefficient (Wildman–Crippen LogP) is 4.54. The number of anilines is 1. The maximum absolute atomic E-state index is 13.1. The van der Waals surface area contributed by atoms with E-state index in [0.29, 0.717) is 5.56 Å². The summed E-state index contributed by atoms with van der Waals surface area (Å²) < 4.78 is 0. The average Bonchev–Trinajstić information content (AvgIpc) is 3.24. The summed E-state index contributed by atoms with van der Waals surface area (Å²) in [4.78, 5) is 27.5. The SMILES string of the molecule is Cl.NC1CCCC(C(=O)Nc2ccc(C(=O)N3CCCC3c3ccccc3)cc2)C1. The van der Waals surface area contributed by atoms with Crippen LogP contribution in [0, 0.1) is 5.92 Å². The summed E-state index contributed by atoms with van der Waals surface area (Å²) in [6.07, 6.45) is 5.66. The number of rotatable bonds is 4. The Morgan fingerprint density at radius 3 is 2.37 bits per heavy atom. The maximum Gasteiger partial charge on any atom is 0.254 e. The topological polar surface area (TPSA) is 75.4 Å². The molecule has 1 saturated heterocycles. The van der Waals surface area contributed by atoms with Crippen LogP contribution in [-0.4, -0.2) is 29.3 Å². The van der Waals surface area contributed by atoms with Gasteiger partial charge in [-0.1, -0.05) is 36.8 Å². The lowest BCUT2D eigenvalue weighted by Crippen LogP contribution is -2.34. The van der Waals surface area contributed by atoms with Crippen molar-refractivity contribution in [2.75, 3.05) is 11.9 Å². The lowest BCUT2D eigenvalue weighted by atomic mass is 9.85. The normalized spacial score (nSPS) is 23.5. The molecule has 3 atom stereocenters. The van der Waals surface area contributed by atoms with Gasteiger partial charge in [0, 0.05) is 29.8 Å². The molecule has 0 aromatic heterocycles. The zero-order valence-electron chi connectivity index (χ0n) is 17.1. The van der Waals surface area contributed by atoms with E-state index in [0.717, 1.165) is 50.8 Å². The molecule has 4 rings (SSSR count). The number of likely N-dealkylation sites (tertiary alicyclic amines) is 1. The minimum Gasteiger partial charge on any atom is -0.332 e. The van der Waals surface area contributed by atoms with Gasteiger partial charge in [-0.2, -0.15) is 0 Å². The summed E-state index contributed by atoms with van der Waals surface area (Å²) in [6, 6.07) is 17.7. The van der Waals surface area contributed by atoms with Crippen LogP contribution in [0.4, 0.5) is 5.69 Å². The van der Waals surface area contributed by atoms with Crippen molar-refractivity contribution in [1.82, 2.24) is 4.90 Å². The quantitative estimate of drug-likeness (QED) is 0.751. The van der Waals surface area contributed by atoms with E-state index in [1.807, 2.05) is 47.4 Å². The van der Waals surface area contributed by atoms with Gasteiger partial charge in [-0.25, -0.2) is 0 Å². The highest BCUT2D eigenvalue weighted by Gasteiger charge is 2.30. The molecular weight excluding hydrogens is 398 g/mol. The number of hydrogen-bond acceptors (Lipinski definition) is 3. The van der Waals surface area contributed by atoms with Crippen LogP contribution in [0.5, 0.6) is 0 Å². The molecule has 1 aliphatic heterocycles. The molecule has 0 radical (unpaired) electrons. The highest BCUT2D eigenvalue weighted by atomic mass is 35.5. The van der Waals surface area contributed by atoms with Gasteiger partial charge in [0.05, 0.1) is 6.04 Å². The molecule has 30 heavy (non-hydrogen) atoms. The van der Waals surface area contributed by atoms with Gasteiger partial charge in [0.2, 0.25) is 5.91 Å². The summed E-state index contributed by atoms with van der Waals surface area (Å²) in [5, 5.41) is 2.98. The smallest absolute Gasteiger partial charge is 0.254 e. The number of amides is 2. The molecule has 2 amide bonds. The summed E-state index contributed by atoms with van der Waals surface area (Å²) in [5.74, 6) is 0.0617. The van der Waals surface area contributed by atoms with Gasteiger partial charge in [-0.15, -0.1) is 12.4 Å². The zero-order chi connectivity index (χ0) is 20.2. The molecule has 5 nitrogen and oxygen atoms in total. The van der Waals surface area contributed by atoms with Crippen LogP contribution in [0.25, 0.3) is 0 Å². The third-order valence-electron chi connectivity index (χ3n) is 6.18. The largest absolute Gasteiger partial charge is 0.332 e. The van der Waals surface area contributed by atoms with Crippen molar-refractivity contribution >= 4 is 29.9 Å². The number of nitrogens with two attached hydrogens (primary N) is 1. The number of carbonyl (C=O) groups excluding carboxylic acids is 2. The molecule has 2 aromatic carbocycles. The van der Waals surface area contributed by atoms with Gasteiger partial charge in [0.1, 0.15) is 0 Å². The van der Waals surface area contributed by atoms with Crippen LogP contribution in [0.2, 0.25) is 0 Å². The van der Waals surface area contributed by atoms with Crippen LogP contribution in [0.1, 0.15) is 60.5 Å². The Balaban J connectivity index is 0.00000256. The van der Waals surface area contributed by atoms with Gasteiger partial charge in [0.15, 0.2) is 0 Å². The fourth-order valence-corrected chi connectivity index (χ4v) is 4.60. The minimum atomic E-state index is -0.0173. The van der Waals surface area contributed by atoms with Crippen molar-refractivity contribution in [1.29, 1.82) is 0 Å². The molecule has 0 bridgehead atoms. The first-order chi connectivity index (χ1) is 14.1. The highest BCUT2D eigenvalue weighted by Crippen LogP contribution is 2.33. The number of nitrogens with one attached hydrogen (secondary N) is 1. The van der Waals surface area contributed by atoms with Crippen molar-refractivity contribution in [3.63, 3.8) is 0 Å². The molecule has 1 aliphatic carbocycles. The second-order valence-corrected chi connectivity index (χ2v) is 8.26. The predicted molar refractivity (Wildman–Crippen MR) is 122 cm³/mol. The third-order valence-corrected chi connectivity index (χ3v) is 6.18. The summed E-state index contributed by atoms with van der Waals surface area (Å²) in [7, 11) is 0. The maximum atomic E-state index is 13.1. The van der Waals surface area contributed by atoms with E-state index in [-0.39, 0.29) is 42.2 Å². The Morgan fingerprint density at radius 2 is 1.67 bits per heavy atom. The van der Waals surface area contributed by atoms with E-state index < -0.39 is 0 Å². The van der Waals surface area contributed by atoms with Crippen molar-refractivity contribution < 1.29 is 9.59 Å². The highest BCUT2D eigenvalue weighted by molar-refractivity contribution is 5.96. The van der Waals surface area contributed by atoms with Crippen LogP contribution in [0.3, 0.4) is 0 Å². The Kier molecular flexibility index (Phi) is 7.51. The molecule has 2 aliphatic rings. The van der Waals surface area contributed by atoms with Gasteiger partial charge < -0.3 is 16.0 Å². The van der Waals surface area contributed by atoms with Crippen LogP contribution in [0.15, 0.2) is 54.6 Å². The van der Waals surface area contributed by atoms with Crippen LogP contribution < -0.4 is 11.1 Å². The molecule has 160 valence electrons. The molecule has 3 N–H and O–H groups in total. The van der Waals surface area contributed by atoms with Crippen LogP contribution in [-0.2, 0) is 4.79 Å². The number of halogens is 1. The first-order valence-corrected chi connectivity index (χ1v) is 10.6. The molecule has 1 saturated carbocycles. The fraction of sp³-hybridized carbons (Fsp3) is 0.417. The van der Waals surface area contributed by atoms with E-state index in [4.69, 9.17) is 5.73 Å². The van der Waals surface area contributed by atoms with Gasteiger partial charge in [-0.05, 0) is 61.9 Å². The Labute approximate surface area is 184 Å². The first-order valence-electron chi connectivity index (χ1n) is 10.6. The fourth-order valence-electron chi connectivity index (χ4n) is 4.60. The van der Waals surface area contributed by atoms with E-state index in [9.17, 15) is 9.59 Å². The first kappa shape index (κ1) is 22.3. The van der Waals surface area contributed by atoms with Gasteiger partial charge in [-0.3, -0.25) is 9.59 Å². The van der Waals surface area contributed by atoms with E-state index in [2.05, 4.69) is 17.4 Å². The minimum absolute atomic E-state index is 0. The summed E-state index contributed by atoms with van der Waals surface area (Å²) in [5.41, 5.74) is 8.57. The molecule has 1 heterocycles. The Bertz CT molecular complexity index is 857. The average molecular weight is 428 g/mol. The third kappa shape index (κ3) is 5.02. The Hall–Kier alpha value is -2.37. The number of nitrogens with zero attached hydrogens (tertiary/aromatic N) is 1. The van der Waals surface area contributed by atoms with E-state index in [1.165, 1.54) is 5.56 Å². The summed E-state index contributed by atoms with van der Waals surface area (Å²) >= 11 is 0. The second kappa shape index (κ2) is 10.1. The van der Waals surface area contributed by atoms with Crippen molar-refractivity contribution in [3.8, 4) is 0 Å². The molecule has 0 spiro atoms. The van der Waals surface area contributed by atoms with E-state index >= 15 is 0 Å². The number of carbonyl (C=O) groups is 2. The molecule has 3 unspecified atom stereocenters. The standard InChI is InChI=1S/C24H29N3O2.ClH/c25-20-9-4-8-19(16-20)23(28)26-21-13-11-18(12-14-21)24(29)27-15-5-10-22(27)17-6-2-1-3-7-17;/h1-3,6-7,11-14,19-20,22H,4-5,8-10,15-16,25H2,(H,26,28);1H. The van der Waals surface area contributed by atoms with Crippen molar-refractivity contribution in [2.45, 2.75) is 50.6 Å². The molecular formula is C24H30ClN3O2. The Morgan fingerprint density at radius 1 is 0.933 bits per heavy atom. The summed E-state index contributed by atoms with van der Waals surface area (Å²) in [6.45, 7) is 0.777.